The lowest BCUT2D eigenvalue weighted by atomic mass is 10.3. The van der Waals surface area contributed by atoms with Crippen LogP contribution in [0.25, 0.3) is 11.6 Å². The van der Waals surface area contributed by atoms with E-state index in [2.05, 4.69) is 47.2 Å². The number of aromatic amines is 1. The zero-order valence-corrected chi connectivity index (χ0v) is 18.5. The summed E-state index contributed by atoms with van der Waals surface area (Å²) in [5.74, 6) is 3.51. The molecule has 4 heterocycles. The van der Waals surface area contributed by atoms with Gasteiger partial charge in [0.25, 0.3) is 0 Å². The number of aliphatic imine (C=N–C) groups is 1. The quantitative estimate of drug-likeness (QED) is 0.304. The molecule has 4 rings (SSSR count). The third-order valence-electron chi connectivity index (χ3n) is 4.40. The van der Waals surface area contributed by atoms with Gasteiger partial charge in [0.1, 0.15) is 12.4 Å². The Morgan fingerprint density at radius 2 is 2.00 bits per heavy atom. The predicted octanol–water partition coefficient (Wildman–Crippen LogP) is 1.76. The van der Waals surface area contributed by atoms with Gasteiger partial charge in [-0.05, 0) is 25.1 Å². The lowest BCUT2D eigenvalue weighted by Gasteiger charge is -2.36. The molecule has 2 N–H and O–H groups in total. The first-order chi connectivity index (χ1) is 13.8. The fourth-order valence-corrected chi connectivity index (χ4v) is 3.03. The monoisotopic (exact) mass is 509 g/mol. The van der Waals surface area contributed by atoms with E-state index >= 15 is 0 Å². The summed E-state index contributed by atoms with van der Waals surface area (Å²) < 4.78 is 5.32. The molecule has 0 spiro atoms. The Morgan fingerprint density at radius 1 is 1.21 bits per heavy atom. The first-order valence-corrected chi connectivity index (χ1v) is 9.34. The molecule has 11 heteroatoms. The van der Waals surface area contributed by atoms with Gasteiger partial charge in [-0.2, -0.15) is 0 Å². The van der Waals surface area contributed by atoms with Gasteiger partial charge in [0.2, 0.25) is 11.8 Å². The van der Waals surface area contributed by atoms with E-state index < -0.39 is 0 Å². The van der Waals surface area contributed by atoms with Gasteiger partial charge in [-0.1, -0.05) is 0 Å². The number of H-pyrrole nitrogens is 1. The summed E-state index contributed by atoms with van der Waals surface area (Å²) >= 11 is 0. The summed E-state index contributed by atoms with van der Waals surface area (Å²) in [6.07, 6.45) is 5.15. The van der Waals surface area contributed by atoms with Crippen LogP contribution in [0.1, 0.15) is 12.7 Å². The largest absolute Gasteiger partial charge is 0.461 e. The Labute approximate surface area is 185 Å². The van der Waals surface area contributed by atoms with E-state index in [0.717, 1.165) is 44.6 Å². The predicted molar refractivity (Wildman–Crippen MR) is 120 cm³/mol. The third-order valence-corrected chi connectivity index (χ3v) is 4.40. The molecule has 1 aliphatic rings. The Balaban J connectivity index is 0.00000240. The Morgan fingerprint density at radius 3 is 2.69 bits per heavy atom. The molecule has 0 bridgehead atoms. The number of rotatable bonds is 5. The molecule has 0 radical (unpaired) electrons. The second-order valence-corrected chi connectivity index (χ2v) is 6.28. The van der Waals surface area contributed by atoms with E-state index in [1.807, 2.05) is 18.2 Å². The summed E-state index contributed by atoms with van der Waals surface area (Å²) in [7, 11) is 0. The number of aromatic nitrogens is 5. The highest BCUT2D eigenvalue weighted by atomic mass is 127. The van der Waals surface area contributed by atoms with Crippen LogP contribution in [-0.4, -0.2) is 68.7 Å². The van der Waals surface area contributed by atoms with E-state index in [1.165, 1.54) is 0 Å². The molecule has 0 aliphatic carbocycles. The van der Waals surface area contributed by atoms with Gasteiger partial charge in [0.05, 0.1) is 6.26 Å². The Hall–Kier alpha value is -2.70. The van der Waals surface area contributed by atoms with Crippen LogP contribution in [0, 0.1) is 0 Å². The van der Waals surface area contributed by atoms with Crippen LogP contribution in [-0.2, 0) is 6.54 Å². The lowest BCUT2D eigenvalue weighted by molar-refractivity contribution is 0.370. The van der Waals surface area contributed by atoms with E-state index in [0.29, 0.717) is 24.0 Å². The number of furan rings is 1. The van der Waals surface area contributed by atoms with E-state index in [9.17, 15) is 0 Å². The normalized spacial score (nSPS) is 14.6. The van der Waals surface area contributed by atoms with Crippen LogP contribution >= 0.6 is 24.0 Å². The second kappa shape index (κ2) is 10.2. The zero-order valence-electron chi connectivity index (χ0n) is 16.2. The molecule has 3 aromatic rings. The number of piperazine rings is 1. The van der Waals surface area contributed by atoms with Crippen LogP contribution in [0.5, 0.6) is 0 Å². The van der Waals surface area contributed by atoms with Crippen molar-refractivity contribution in [2.75, 3.05) is 37.6 Å². The summed E-state index contributed by atoms with van der Waals surface area (Å²) in [4.78, 5) is 22.3. The summed E-state index contributed by atoms with van der Waals surface area (Å²) in [5.41, 5.74) is 0. The van der Waals surface area contributed by atoms with Crippen LogP contribution in [0.4, 0.5) is 5.95 Å². The molecule has 29 heavy (non-hydrogen) atoms. The molecule has 3 aromatic heterocycles. The first kappa shape index (κ1) is 21.0. The number of nitrogens with one attached hydrogen (secondary N) is 2. The highest BCUT2D eigenvalue weighted by Gasteiger charge is 2.21. The Kier molecular flexibility index (Phi) is 7.38. The van der Waals surface area contributed by atoms with Gasteiger partial charge in [0, 0.05) is 45.1 Å². The molecule has 1 aliphatic heterocycles. The number of guanidine groups is 1. The van der Waals surface area contributed by atoms with Crippen molar-refractivity contribution in [3.8, 4) is 11.6 Å². The zero-order chi connectivity index (χ0) is 19.2. The highest BCUT2D eigenvalue weighted by Crippen LogP contribution is 2.15. The summed E-state index contributed by atoms with van der Waals surface area (Å²) in [6.45, 7) is 6.66. The number of nitrogens with zero attached hydrogens (tertiary/aromatic N) is 7. The lowest BCUT2D eigenvalue weighted by Crippen LogP contribution is -2.53. The highest BCUT2D eigenvalue weighted by molar-refractivity contribution is 14.0. The molecule has 154 valence electrons. The molecular formula is C18H24IN9O. The number of anilines is 1. The molecule has 0 amide bonds. The minimum atomic E-state index is 0. The maximum absolute atomic E-state index is 5.32. The van der Waals surface area contributed by atoms with Crippen molar-refractivity contribution in [1.82, 2.24) is 35.4 Å². The topological polar surface area (TPSA) is 111 Å². The van der Waals surface area contributed by atoms with Crippen molar-refractivity contribution in [1.29, 1.82) is 0 Å². The maximum Gasteiger partial charge on any atom is 0.225 e. The molecule has 1 fully saturated rings. The van der Waals surface area contributed by atoms with Crippen molar-refractivity contribution in [2.45, 2.75) is 13.5 Å². The van der Waals surface area contributed by atoms with E-state index in [4.69, 9.17) is 9.41 Å². The van der Waals surface area contributed by atoms with Gasteiger partial charge in [-0.3, -0.25) is 5.10 Å². The molecule has 0 atom stereocenters. The molecular weight excluding hydrogens is 485 g/mol. The second-order valence-electron chi connectivity index (χ2n) is 6.28. The number of hydrogen-bond donors (Lipinski definition) is 2. The molecule has 0 aromatic carbocycles. The molecule has 0 saturated carbocycles. The number of halogens is 1. The Bertz CT molecular complexity index is 889. The minimum Gasteiger partial charge on any atom is -0.461 e. The first-order valence-electron chi connectivity index (χ1n) is 9.34. The fourth-order valence-electron chi connectivity index (χ4n) is 3.03. The minimum absolute atomic E-state index is 0. The van der Waals surface area contributed by atoms with Gasteiger partial charge in [-0.25, -0.2) is 19.9 Å². The molecule has 10 nitrogen and oxygen atoms in total. The smallest absolute Gasteiger partial charge is 0.225 e. The molecule has 0 unspecified atom stereocenters. The number of hydrogen-bond acceptors (Lipinski definition) is 7. The molecule has 1 saturated heterocycles. The van der Waals surface area contributed by atoms with Crippen LogP contribution in [0.3, 0.4) is 0 Å². The SMILES string of the molecule is CCNC(=NCc1nc(-c2ccco2)n[nH]1)N1CCN(c2ncccn2)CC1.I. The van der Waals surface area contributed by atoms with Crippen LogP contribution in [0.15, 0.2) is 46.3 Å². The third kappa shape index (κ3) is 5.22. The fraction of sp³-hybridized carbons (Fsp3) is 0.389. The van der Waals surface area contributed by atoms with Crippen LogP contribution in [0.2, 0.25) is 0 Å². The van der Waals surface area contributed by atoms with Crippen molar-refractivity contribution in [3.63, 3.8) is 0 Å². The summed E-state index contributed by atoms with van der Waals surface area (Å²) in [5, 5.41) is 10.5. The van der Waals surface area contributed by atoms with Crippen molar-refractivity contribution >= 4 is 35.9 Å². The van der Waals surface area contributed by atoms with Gasteiger partial charge in [0.15, 0.2) is 11.7 Å². The van der Waals surface area contributed by atoms with Gasteiger partial charge in [-0.15, -0.1) is 29.1 Å². The van der Waals surface area contributed by atoms with Crippen molar-refractivity contribution in [2.24, 2.45) is 4.99 Å². The van der Waals surface area contributed by atoms with Crippen molar-refractivity contribution < 1.29 is 4.42 Å². The van der Waals surface area contributed by atoms with E-state index in [-0.39, 0.29) is 24.0 Å². The average molecular weight is 509 g/mol. The standard InChI is InChI=1S/C18H23N9O.HI/c1-2-19-17(22-13-15-23-16(25-24-15)14-5-3-12-28-14)26-8-10-27(11-9-26)18-20-6-4-7-21-18;/h3-7,12H,2,8-11,13H2,1H3,(H,19,22)(H,23,24,25);1H. The maximum atomic E-state index is 5.32. The van der Waals surface area contributed by atoms with Crippen molar-refractivity contribution in [3.05, 3.63) is 42.7 Å². The summed E-state index contributed by atoms with van der Waals surface area (Å²) in [6, 6.07) is 5.47. The van der Waals surface area contributed by atoms with Gasteiger partial charge >= 0.3 is 0 Å². The van der Waals surface area contributed by atoms with E-state index in [1.54, 1.807) is 18.7 Å². The average Bonchev–Trinajstić information content (AvgIpc) is 3.44. The van der Waals surface area contributed by atoms with Crippen LogP contribution < -0.4 is 10.2 Å². The van der Waals surface area contributed by atoms with Gasteiger partial charge < -0.3 is 19.5 Å².